The summed E-state index contributed by atoms with van der Waals surface area (Å²) in [5.41, 5.74) is 2.08. The Balaban J connectivity index is 3.06. The van der Waals surface area contributed by atoms with Crippen molar-refractivity contribution in [2.45, 2.75) is 26.4 Å². The van der Waals surface area contributed by atoms with Crippen LogP contribution in [0.4, 0.5) is 5.69 Å². The minimum atomic E-state index is -0.424. The van der Waals surface area contributed by atoms with E-state index in [0.717, 1.165) is 28.7 Å². The van der Waals surface area contributed by atoms with Crippen molar-refractivity contribution in [3.05, 3.63) is 28.2 Å². The fraction of sp³-hybridized carbons (Fsp3) is 0.500. The Morgan fingerprint density at radius 3 is 2.67 bits per heavy atom. The largest absolute Gasteiger partial charge is 0.389 e. The van der Waals surface area contributed by atoms with Crippen LogP contribution in [-0.4, -0.2) is 18.7 Å². The normalized spacial score (nSPS) is 12.6. The van der Waals surface area contributed by atoms with Crippen molar-refractivity contribution in [2.24, 2.45) is 0 Å². The summed E-state index contributed by atoms with van der Waals surface area (Å²) in [4.78, 5) is 2.17. The summed E-state index contributed by atoms with van der Waals surface area (Å²) in [5.74, 6) is 0. The number of rotatable bonds is 4. The summed E-state index contributed by atoms with van der Waals surface area (Å²) in [6.07, 6.45) is 0.676. The van der Waals surface area contributed by atoms with Crippen LogP contribution >= 0.6 is 15.9 Å². The molecule has 1 N–H and O–H groups in total. The molecule has 0 fully saturated rings. The van der Waals surface area contributed by atoms with Gasteiger partial charge >= 0.3 is 0 Å². The van der Waals surface area contributed by atoms with E-state index in [2.05, 4.69) is 40.9 Å². The highest BCUT2D eigenvalue weighted by Crippen LogP contribution is 2.29. The van der Waals surface area contributed by atoms with E-state index in [0.29, 0.717) is 0 Å². The van der Waals surface area contributed by atoms with Gasteiger partial charge in [0.2, 0.25) is 0 Å². The molecule has 1 aromatic carbocycles. The van der Waals surface area contributed by atoms with Crippen molar-refractivity contribution in [1.29, 1.82) is 0 Å². The Kier molecular flexibility index (Phi) is 4.61. The Morgan fingerprint density at radius 2 is 2.13 bits per heavy atom. The molecule has 1 atom stereocenters. The SMILES string of the molecule is CCCN(C)c1cc(Br)ccc1C(C)O. The Labute approximate surface area is 100 Å². The molecule has 1 rings (SSSR count). The van der Waals surface area contributed by atoms with Crippen LogP contribution in [0.25, 0.3) is 0 Å². The lowest BCUT2D eigenvalue weighted by molar-refractivity contribution is 0.199. The third-order valence-corrected chi connectivity index (χ3v) is 2.91. The van der Waals surface area contributed by atoms with E-state index in [4.69, 9.17) is 0 Å². The molecule has 0 aliphatic heterocycles. The molecule has 0 aliphatic rings. The number of benzene rings is 1. The van der Waals surface area contributed by atoms with Crippen LogP contribution in [0.5, 0.6) is 0 Å². The third-order valence-electron chi connectivity index (χ3n) is 2.41. The number of nitrogens with zero attached hydrogens (tertiary/aromatic N) is 1. The maximum atomic E-state index is 9.67. The summed E-state index contributed by atoms with van der Waals surface area (Å²) < 4.78 is 1.05. The van der Waals surface area contributed by atoms with Crippen molar-refractivity contribution in [2.75, 3.05) is 18.5 Å². The number of aliphatic hydroxyl groups excluding tert-OH is 1. The lowest BCUT2D eigenvalue weighted by atomic mass is 10.1. The molecule has 1 unspecified atom stereocenters. The van der Waals surface area contributed by atoms with Gasteiger partial charge in [0, 0.05) is 29.3 Å². The average molecular weight is 272 g/mol. The minimum absolute atomic E-state index is 0.424. The molecule has 15 heavy (non-hydrogen) atoms. The molecule has 0 amide bonds. The number of hydrogen-bond acceptors (Lipinski definition) is 2. The van der Waals surface area contributed by atoms with Gasteiger partial charge < -0.3 is 10.0 Å². The molecule has 0 saturated carbocycles. The van der Waals surface area contributed by atoms with Crippen LogP contribution in [0.2, 0.25) is 0 Å². The highest BCUT2D eigenvalue weighted by molar-refractivity contribution is 9.10. The zero-order valence-electron chi connectivity index (χ0n) is 9.50. The van der Waals surface area contributed by atoms with Crippen LogP contribution in [0, 0.1) is 0 Å². The number of hydrogen-bond donors (Lipinski definition) is 1. The zero-order valence-corrected chi connectivity index (χ0v) is 11.1. The Bertz CT molecular complexity index is 325. The number of halogens is 1. The monoisotopic (exact) mass is 271 g/mol. The number of anilines is 1. The number of aliphatic hydroxyl groups is 1. The molecule has 3 heteroatoms. The molecule has 0 spiro atoms. The van der Waals surface area contributed by atoms with Gasteiger partial charge in [0.25, 0.3) is 0 Å². The van der Waals surface area contributed by atoms with Crippen LogP contribution in [0.3, 0.4) is 0 Å². The Hall–Kier alpha value is -0.540. The first kappa shape index (κ1) is 12.5. The van der Waals surface area contributed by atoms with Crippen molar-refractivity contribution in [3.8, 4) is 0 Å². The van der Waals surface area contributed by atoms with Crippen LogP contribution in [-0.2, 0) is 0 Å². The molecule has 0 saturated heterocycles. The first-order valence-corrected chi connectivity index (χ1v) is 6.04. The first-order valence-electron chi connectivity index (χ1n) is 5.25. The lowest BCUT2D eigenvalue weighted by Crippen LogP contribution is -2.19. The van der Waals surface area contributed by atoms with E-state index in [1.54, 1.807) is 6.92 Å². The van der Waals surface area contributed by atoms with Gasteiger partial charge in [-0.25, -0.2) is 0 Å². The summed E-state index contributed by atoms with van der Waals surface area (Å²) in [5, 5.41) is 9.67. The highest BCUT2D eigenvalue weighted by Gasteiger charge is 2.11. The molecule has 0 aromatic heterocycles. The van der Waals surface area contributed by atoms with Crippen LogP contribution in [0.15, 0.2) is 22.7 Å². The van der Waals surface area contributed by atoms with Crippen LogP contribution in [0.1, 0.15) is 31.9 Å². The second-order valence-electron chi connectivity index (χ2n) is 3.80. The molecule has 0 radical (unpaired) electrons. The van der Waals surface area contributed by atoms with Gasteiger partial charge in [0.15, 0.2) is 0 Å². The molecular weight excluding hydrogens is 254 g/mol. The standard InChI is InChI=1S/C12H18BrNO/c1-4-7-14(3)12-8-10(13)5-6-11(12)9(2)15/h5-6,8-9,15H,4,7H2,1-3H3. The molecule has 1 aromatic rings. The van der Waals surface area contributed by atoms with E-state index in [1.165, 1.54) is 0 Å². The van der Waals surface area contributed by atoms with Gasteiger partial charge in [-0.05, 0) is 25.5 Å². The van der Waals surface area contributed by atoms with E-state index >= 15 is 0 Å². The van der Waals surface area contributed by atoms with Crippen molar-refractivity contribution < 1.29 is 5.11 Å². The van der Waals surface area contributed by atoms with E-state index in [1.807, 2.05) is 12.1 Å². The second kappa shape index (κ2) is 5.52. The van der Waals surface area contributed by atoms with Crippen molar-refractivity contribution in [1.82, 2.24) is 0 Å². The second-order valence-corrected chi connectivity index (χ2v) is 4.72. The van der Waals surface area contributed by atoms with Gasteiger partial charge in [-0.15, -0.1) is 0 Å². The molecular formula is C12H18BrNO. The molecule has 2 nitrogen and oxygen atoms in total. The van der Waals surface area contributed by atoms with Gasteiger partial charge in [0.05, 0.1) is 6.10 Å². The maximum Gasteiger partial charge on any atom is 0.0782 e. The topological polar surface area (TPSA) is 23.5 Å². The fourth-order valence-corrected chi connectivity index (χ4v) is 2.01. The fourth-order valence-electron chi connectivity index (χ4n) is 1.66. The maximum absolute atomic E-state index is 9.67. The molecule has 0 heterocycles. The van der Waals surface area contributed by atoms with Gasteiger partial charge in [0.1, 0.15) is 0 Å². The van der Waals surface area contributed by atoms with Gasteiger partial charge in [-0.1, -0.05) is 28.9 Å². The average Bonchev–Trinajstić information content (AvgIpc) is 2.17. The summed E-state index contributed by atoms with van der Waals surface area (Å²) >= 11 is 3.46. The van der Waals surface area contributed by atoms with E-state index < -0.39 is 6.10 Å². The first-order chi connectivity index (χ1) is 7.06. The summed E-state index contributed by atoms with van der Waals surface area (Å²) in [6.45, 7) is 4.94. The Morgan fingerprint density at radius 1 is 1.47 bits per heavy atom. The molecule has 84 valence electrons. The predicted molar refractivity (Wildman–Crippen MR) is 68.3 cm³/mol. The lowest BCUT2D eigenvalue weighted by Gasteiger charge is -2.23. The highest BCUT2D eigenvalue weighted by atomic mass is 79.9. The molecule has 0 bridgehead atoms. The quantitative estimate of drug-likeness (QED) is 0.908. The molecule has 0 aliphatic carbocycles. The van der Waals surface area contributed by atoms with E-state index in [9.17, 15) is 5.11 Å². The van der Waals surface area contributed by atoms with Gasteiger partial charge in [-0.3, -0.25) is 0 Å². The third kappa shape index (κ3) is 3.21. The zero-order chi connectivity index (χ0) is 11.4. The van der Waals surface area contributed by atoms with Crippen LogP contribution < -0.4 is 4.90 Å². The van der Waals surface area contributed by atoms with Gasteiger partial charge in [-0.2, -0.15) is 0 Å². The van der Waals surface area contributed by atoms with E-state index in [-0.39, 0.29) is 0 Å². The summed E-state index contributed by atoms with van der Waals surface area (Å²) in [6, 6.07) is 5.99. The minimum Gasteiger partial charge on any atom is -0.389 e. The predicted octanol–water partition coefficient (Wildman–Crippen LogP) is 3.35. The van der Waals surface area contributed by atoms with Crippen molar-refractivity contribution >= 4 is 21.6 Å². The summed E-state index contributed by atoms with van der Waals surface area (Å²) in [7, 11) is 2.05. The smallest absolute Gasteiger partial charge is 0.0782 e. The van der Waals surface area contributed by atoms with Crippen molar-refractivity contribution in [3.63, 3.8) is 0 Å².